The number of para-hydroxylation sites is 1. The predicted octanol–water partition coefficient (Wildman–Crippen LogP) is 3.00. The number of carbonyl (C=O) groups is 1. The fourth-order valence-corrected chi connectivity index (χ4v) is 2.82. The second-order valence-corrected chi connectivity index (χ2v) is 5.45. The van der Waals surface area contributed by atoms with E-state index in [4.69, 9.17) is 5.26 Å². The molecule has 3 rings (SSSR count). The van der Waals surface area contributed by atoms with Crippen LogP contribution in [-0.2, 0) is 4.79 Å². The molecule has 0 aromatic heterocycles. The van der Waals surface area contributed by atoms with Gasteiger partial charge >= 0.3 is 0 Å². The van der Waals surface area contributed by atoms with Crippen molar-refractivity contribution in [3.05, 3.63) is 63.7 Å². The molecule has 24 heavy (non-hydrogen) atoms. The fourth-order valence-electron chi connectivity index (χ4n) is 2.82. The van der Waals surface area contributed by atoms with Crippen molar-refractivity contribution >= 4 is 23.0 Å². The van der Waals surface area contributed by atoms with E-state index >= 15 is 0 Å². The first-order valence-corrected chi connectivity index (χ1v) is 7.42. The monoisotopic (exact) mass is 322 g/mol. The number of nitriles is 1. The molecule has 0 radical (unpaired) electrons. The van der Waals surface area contributed by atoms with Gasteiger partial charge in [0, 0.05) is 18.3 Å². The zero-order chi connectivity index (χ0) is 17.1. The summed E-state index contributed by atoms with van der Waals surface area (Å²) in [6, 6.07) is 13.7. The first kappa shape index (κ1) is 15.5. The highest BCUT2D eigenvalue weighted by Crippen LogP contribution is 2.34. The number of rotatable bonds is 5. The third-order valence-corrected chi connectivity index (χ3v) is 3.98. The van der Waals surface area contributed by atoms with Crippen LogP contribution in [0.2, 0.25) is 0 Å². The molecule has 0 saturated carbocycles. The summed E-state index contributed by atoms with van der Waals surface area (Å²) < 4.78 is 0. The average molecular weight is 322 g/mol. The van der Waals surface area contributed by atoms with E-state index in [1.165, 1.54) is 18.2 Å². The molecule has 120 valence electrons. The topological polar surface area (TPSA) is 108 Å². The van der Waals surface area contributed by atoms with Crippen molar-refractivity contribution in [2.45, 2.75) is 12.3 Å². The Hall–Kier alpha value is -3.40. The molecule has 1 aliphatic heterocycles. The lowest BCUT2D eigenvalue weighted by atomic mass is 9.97. The lowest BCUT2D eigenvalue weighted by molar-refractivity contribution is -0.384. The van der Waals surface area contributed by atoms with Gasteiger partial charge in [0.25, 0.3) is 5.69 Å². The SMILES string of the molecule is N#Cc1ccc(NCC[C@H]2C(=O)Nc3ccccc32)c([N+](=O)[O-])c1. The summed E-state index contributed by atoms with van der Waals surface area (Å²) in [5.74, 6) is -0.335. The molecule has 1 aliphatic rings. The van der Waals surface area contributed by atoms with Crippen LogP contribution in [-0.4, -0.2) is 17.4 Å². The van der Waals surface area contributed by atoms with Gasteiger partial charge < -0.3 is 10.6 Å². The number of carbonyl (C=O) groups excluding carboxylic acids is 1. The van der Waals surface area contributed by atoms with Crippen molar-refractivity contribution < 1.29 is 9.72 Å². The van der Waals surface area contributed by atoms with Gasteiger partial charge in [-0.05, 0) is 30.2 Å². The molecule has 1 atom stereocenters. The Morgan fingerprint density at radius 3 is 2.83 bits per heavy atom. The smallest absolute Gasteiger partial charge is 0.293 e. The van der Waals surface area contributed by atoms with Crippen LogP contribution in [0.15, 0.2) is 42.5 Å². The quantitative estimate of drug-likeness (QED) is 0.650. The average Bonchev–Trinajstić information content (AvgIpc) is 2.90. The van der Waals surface area contributed by atoms with E-state index in [1.807, 2.05) is 30.3 Å². The molecule has 7 heteroatoms. The maximum absolute atomic E-state index is 12.0. The first-order valence-electron chi connectivity index (χ1n) is 7.42. The summed E-state index contributed by atoms with van der Waals surface area (Å²) in [5, 5.41) is 25.8. The van der Waals surface area contributed by atoms with Crippen molar-refractivity contribution in [3.63, 3.8) is 0 Å². The summed E-state index contributed by atoms with van der Waals surface area (Å²) in [6.45, 7) is 0.402. The molecule has 0 bridgehead atoms. The van der Waals surface area contributed by atoms with Gasteiger partial charge in [-0.2, -0.15) is 5.26 Å². The minimum Gasteiger partial charge on any atom is -0.379 e. The summed E-state index contributed by atoms with van der Waals surface area (Å²) in [7, 11) is 0. The number of nitro groups is 1. The molecule has 2 N–H and O–H groups in total. The zero-order valence-electron chi connectivity index (χ0n) is 12.7. The number of hydrogen-bond donors (Lipinski definition) is 2. The fraction of sp³-hybridized carbons (Fsp3) is 0.176. The van der Waals surface area contributed by atoms with Crippen LogP contribution in [0.1, 0.15) is 23.5 Å². The van der Waals surface area contributed by atoms with E-state index in [0.29, 0.717) is 18.7 Å². The Bertz CT molecular complexity index is 857. The van der Waals surface area contributed by atoms with Gasteiger partial charge in [0.05, 0.1) is 22.5 Å². The Morgan fingerprint density at radius 2 is 2.08 bits per heavy atom. The Balaban J connectivity index is 1.70. The molecule has 0 saturated heterocycles. The normalized spacial score (nSPS) is 15.3. The first-order chi connectivity index (χ1) is 11.6. The molecule has 2 aromatic rings. The lowest BCUT2D eigenvalue weighted by Gasteiger charge is -2.11. The Labute approximate surface area is 138 Å². The number of hydrogen-bond acceptors (Lipinski definition) is 5. The summed E-state index contributed by atoms with van der Waals surface area (Å²) in [5.41, 5.74) is 2.18. The number of nitro benzene ring substituents is 1. The van der Waals surface area contributed by atoms with Crippen molar-refractivity contribution in [1.29, 1.82) is 5.26 Å². The Kier molecular flexibility index (Phi) is 4.12. The molecule has 0 fully saturated rings. The van der Waals surface area contributed by atoms with Gasteiger partial charge in [-0.3, -0.25) is 14.9 Å². The van der Waals surface area contributed by atoms with Crippen LogP contribution in [0, 0.1) is 21.4 Å². The number of nitrogens with one attached hydrogen (secondary N) is 2. The highest BCUT2D eigenvalue weighted by molar-refractivity contribution is 6.02. The van der Waals surface area contributed by atoms with E-state index < -0.39 is 4.92 Å². The summed E-state index contributed by atoms with van der Waals surface area (Å²) in [4.78, 5) is 22.6. The standard InChI is InChI=1S/C17H14N4O3/c18-10-11-5-6-15(16(9-11)21(23)24)19-8-7-13-12-3-1-2-4-14(12)20-17(13)22/h1-6,9,13,19H,7-8H2,(H,20,22)/t13-/m1/s1. The van der Waals surface area contributed by atoms with Crippen molar-refractivity contribution in [3.8, 4) is 6.07 Å². The number of nitrogens with zero attached hydrogens (tertiary/aromatic N) is 2. The maximum Gasteiger partial charge on any atom is 0.293 e. The summed E-state index contributed by atoms with van der Waals surface area (Å²) in [6.07, 6.45) is 0.514. The van der Waals surface area contributed by atoms with Crippen LogP contribution in [0.25, 0.3) is 0 Å². The van der Waals surface area contributed by atoms with E-state index in [9.17, 15) is 14.9 Å². The van der Waals surface area contributed by atoms with Gasteiger partial charge in [-0.15, -0.1) is 0 Å². The number of anilines is 2. The minimum atomic E-state index is -0.527. The maximum atomic E-state index is 12.0. The van der Waals surface area contributed by atoms with Crippen LogP contribution < -0.4 is 10.6 Å². The highest BCUT2D eigenvalue weighted by Gasteiger charge is 2.29. The van der Waals surface area contributed by atoms with E-state index in [2.05, 4.69) is 10.6 Å². The third-order valence-electron chi connectivity index (χ3n) is 3.98. The van der Waals surface area contributed by atoms with Gasteiger partial charge in [0.2, 0.25) is 5.91 Å². The number of amides is 1. The molecular weight excluding hydrogens is 308 g/mol. The van der Waals surface area contributed by atoms with Crippen LogP contribution in [0.3, 0.4) is 0 Å². The number of benzene rings is 2. The summed E-state index contributed by atoms with van der Waals surface area (Å²) >= 11 is 0. The van der Waals surface area contributed by atoms with Crippen LogP contribution in [0.5, 0.6) is 0 Å². The van der Waals surface area contributed by atoms with Crippen LogP contribution >= 0.6 is 0 Å². The number of fused-ring (bicyclic) bond motifs is 1. The molecule has 1 amide bonds. The highest BCUT2D eigenvalue weighted by atomic mass is 16.6. The van der Waals surface area contributed by atoms with Gasteiger partial charge in [-0.1, -0.05) is 18.2 Å². The van der Waals surface area contributed by atoms with E-state index in [1.54, 1.807) is 0 Å². The van der Waals surface area contributed by atoms with Gasteiger partial charge in [-0.25, -0.2) is 0 Å². The minimum absolute atomic E-state index is 0.0627. The second kappa shape index (κ2) is 6.38. The lowest BCUT2D eigenvalue weighted by Crippen LogP contribution is -2.16. The van der Waals surface area contributed by atoms with Crippen molar-refractivity contribution in [2.75, 3.05) is 17.2 Å². The van der Waals surface area contributed by atoms with E-state index in [0.717, 1.165) is 11.3 Å². The van der Waals surface area contributed by atoms with Crippen LogP contribution in [0.4, 0.5) is 17.1 Å². The molecule has 2 aromatic carbocycles. The Morgan fingerprint density at radius 1 is 1.29 bits per heavy atom. The van der Waals surface area contributed by atoms with Crippen molar-refractivity contribution in [1.82, 2.24) is 0 Å². The molecule has 7 nitrogen and oxygen atoms in total. The molecule has 0 unspecified atom stereocenters. The molecule has 0 spiro atoms. The second-order valence-electron chi connectivity index (χ2n) is 5.45. The van der Waals surface area contributed by atoms with Gasteiger partial charge in [0.15, 0.2) is 0 Å². The van der Waals surface area contributed by atoms with E-state index in [-0.39, 0.29) is 23.1 Å². The third kappa shape index (κ3) is 2.90. The predicted molar refractivity (Wildman–Crippen MR) is 88.7 cm³/mol. The molecule has 1 heterocycles. The van der Waals surface area contributed by atoms with Crippen molar-refractivity contribution in [2.24, 2.45) is 0 Å². The molecule has 0 aliphatic carbocycles. The largest absolute Gasteiger partial charge is 0.379 e. The zero-order valence-corrected chi connectivity index (χ0v) is 12.7. The molecular formula is C17H14N4O3. The van der Waals surface area contributed by atoms with Gasteiger partial charge in [0.1, 0.15) is 5.69 Å².